The summed E-state index contributed by atoms with van der Waals surface area (Å²) in [5.74, 6) is 0.900. The van der Waals surface area contributed by atoms with Gasteiger partial charge in [0.25, 0.3) is 0 Å². The van der Waals surface area contributed by atoms with Gasteiger partial charge in [0.2, 0.25) is 0 Å². The first-order chi connectivity index (χ1) is 5.43. The third kappa shape index (κ3) is 3.33. The Balaban J connectivity index is 2.14. The van der Waals surface area contributed by atoms with Crippen molar-refractivity contribution < 1.29 is 0 Å². The predicted molar refractivity (Wildman–Crippen MR) is 50.7 cm³/mol. The highest BCUT2D eigenvalue weighted by Crippen LogP contribution is 2.08. The van der Waals surface area contributed by atoms with Gasteiger partial charge in [-0.15, -0.1) is 6.58 Å². The lowest BCUT2D eigenvalue weighted by atomic mass is 10.4. The van der Waals surface area contributed by atoms with Gasteiger partial charge in [0.05, 0.1) is 18.0 Å². The highest BCUT2D eigenvalue weighted by Gasteiger charge is 2.16. The first-order valence-electron chi connectivity index (χ1n) is 3.87. The molecule has 1 fully saturated rings. The number of hydrogen-bond acceptors (Lipinski definition) is 2. The van der Waals surface area contributed by atoms with Crippen molar-refractivity contribution in [2.24, 2.45) is 0 Å². The maximum atomic E-state index is 4.16. The smallest absolute Gasteiger partial charge is 0.102 e. The fourth-order valence-electron chi connectivity index (χ4n) is 0.983. The summed E-state index contributed by atoms with van der Waals surface area (Å²) >= 11 is 1.56. The van der Waals surface area contributed by atoms with Crippen LogP contribution in [0.1, 0.15) is 12.8 Å². The zero-order valence-electron chi connectivity index (χ0n) is 6.62. The molecule has 0 amide bonds. The molecule has 3 heteroatoms. The second kappa shape index (κ2) is 5.09. The van der Waals surface area contributed by atoms with Crippen LogP contribution in [0.3, 0.4) is 0 Å². The van der Waals surface area contributed by atoms with Gasteiger partial charge in [-0.05, 0) is 12.8 Å². The third-order valence-corrected chi connectivity index (χ3v) is 2.14. The first-order valence-corrected chi connectivity index (χ1v) is 4.85. The van der Waals surface area contributed by atoms with Crippen LogP contribution in [0.25, 0.3) is 4.95 Å². The van der Waals surface area contributed by atoms with Gasteiger partial charge >= 0.3 is 5.40 Å². The molecule has 0 atom stereocenters. The molecular weight excluding hydrogens is 156 g/mol. The highest BCUT2D eigenvalue weighted by molar-refractivity contribution is 8.03. The molecule has 1 saturated heterocycles. The van der Waals surface area contributed by atoms with Gasteiger partial charge in [-0.2, -0.15) is 0 Å². The van der Waals surface area contributed by atoms with E-state index in [9.17, 15) is 0 Å². The minimum absolute atomic E-state index is 0.900. The number of thiocyanates is 1. The molecule has 0 radical (unpaired) electrons. The van der Waals surface area contributed by atoms with Gasteiger partial charge in [0.1, 0.15) is 0 Å². The zero-order valence-corrected chi connectivity index (χ0v) is 7.44. The molecule has 0 aromatic carbocycles. The fraction of sp³-hybridized carbons (Fsp3) is 0.625. The van der Waals surface area contributed by atoms with Crippen molar-refractivity contribution in [2.45, 2.75) is 12.8 Å². The van der Waals surface area contributed by atoms with Crippen LogP contribution in [-0.4, -0.2) is 23.9 Å². The lowest BCUT2D eigenvalue weighted by Crippen LogP contribution is -2.07. The first kappa shape index (κ1) is 8.48. The molecule has 60 valence electrons. The third-order valence-electron chi connectivity index (χ3n) is 1.53. The summed E-state index contributed by atoms with van der Waals surface area (Å²) in [6.45, 7) is 5.81. The summed E-state index contributed by atoms with van der Waals surface area (Å²) in [6, 6.07) is 0. The van der Waals surface area contributed by atoms with Crippen molar-refractivity contribution in [3.05, 3.63) is 17.6 Å². The fourth-order valence-corrected chi connectivity index (χ4v) is 1.35. The van der Waals surface area contributed by atoms with Gasteiger partial charge in [-0.3, -0.25) is 0 Å². The van der Waals surface area contributed by atoms with Crippen LogP contribution < -0.4 is 0 Å². The Morgan fingerprint density at radius 2 is 2.27 bits per heavy atom. The molecule has 0 aromatic heterocycles. The summed E-state index contributed by atoms with van der Waals surface area (Å²) in [5.41, 5.74) is 0. The van der Waals surface area contributed by atoms with Crippen LogP contribution in [0.15, 0.2) is 12.7 Å². The van der Waals surface area contributed by atoms with Crippen molar-refractivity contribution in [1.82, 2.24) is 5.01 Å². The van der Waals surface area contributed by atoms with Gasteiger partial charge in [0.15, 0.2) is 0 Å². The van der Waals surface area contributed by atoms with Gasteiger partial charge in [-0.25, -0.2) is 0 Å². The number of hydrogen-bond donors (Lipinski definition) is 0. The molecule has 0 unspecified atom stereocenters. The molecular formula is C8H13N2S+. The molecule has 0 saturated carbocycles. The van der Waals surface area contributed by atoms with Gasteiger partial charge in [-0.1, -0.05) is 11.1 Å². The van der Waals surface area contributed by atoms with E-state index < -0.39 is 0 Å². The highest BCUT2D eigenvalue weighted by atomic mass is 32.2. The summed E-state index contributed by atoms with van der Waals surface area (Å²) < 4.78 is 0. The van der Waals surface area contributed by atoms with Crippen molar-refractivity contribution in [1.29, 1.82) is 0 Å². The Kier molecular flexibility index (Phi) is 3.92. The molecule has 2 nitrogen and oxygen atoms in total. The summed E-state index contributed by atoms with van der Waals surface area (Å²) in [4.78, 5) is 4.16. The Morgan fingerprint density at radius 3 is 2.91 bits per heavy atom. The Bertz CT molecular complexity index is 174. The Morgan fingerprint density at radius 1 is 1.55 bits per heavy atom. The Hall–Kier alpha value is -0.620. The number of nitrogens with zero attached hydrogens (tertiary/aromatic N) is 2. The summed E-state index contributed by atoms with van der Waals surface area (Å²) in [6.07, 6.45) is 4.41. The quantitative estimate of drug-likeness (QED) is 0.355. The number of thioether (sulfide) groups is 1. The van der Waals surface area contributed by atoms with Gasteiger partial charge in [0, 0.05) is 17.5 Å². The van der Waals surface area contributed by atoms with Crippen LogP contribution in [0.2, 0.25) is 0 Å². The summed E-state index contributed by atoms with van der Waals surface area (Å²) in [7, 11) is 0. The van der Waals surface area contributed by atoms with E-state index in [1.54, 1.807) is 11.8 Å². The lowest BCUT2D eigenvalue weighted by molar-refractivity contribution is 0.463. The minimum atomic E-state index is 0.900. The normalized spacial score (nSPS) is 15.8. The van der Waals surface area contributed by atoms with E-state index in [4.69, 9.17) is 0 Å². The average molecular weight is 169 g/mol. The van der Waals surface area contributed by atoms with Crippen molar-refractivity contribution in [2.75, 3.05) is 18.8 Å². The number of rotatable bonds is 2. The summed E-state index contributed by atoms with van der Waals surface area (Å²) in [5, 5.41) is 4.99. The van der Waals surface area contributed by atoms with E-state index in [0.29, 0.717) is 0 Å². The maximum absolute atomic E-state index is 4.16. The van der Waals surface area contributed by atoms with Crippen molar-refractivity contribution >= 4 is 11.8 Å². The van der Waals surface area contributed by atoms with Crippen LogP contribution in [-0.2, 0) is 0 Å². The van der Waals surface area contributed by atoms with E-state index in [1.165, 1.54) is 12.8 Å². The van der Waals surface area contributed by atoms with Crippen LogP contribution >= 0.6 is 11.8 Å². The molecule has 0 N–H and O–H groups in total. The molecule has 11 heavy (non-hydrogen) atoms. The molecule has 0 spiro atoms. The van der Waals surface area contributed by atoms with E-state index >= 15 is 0 Å². The van der Waals surface area contributed by atoms with Crippen LogP contribution in [0, 0.1) is 5.40 Å². The molecule has 0 bridgehead atoms. The van der Waals surface area contributed by atoms with Gasteiger partial charge < -0.3 is 0 Å². The van der Waals surface area contributed by atoms with E-state index in [-0.39, 0.29) is 0 Å². The van der Waals surface area contributed by atoms with E-state index in [0.717, 1.165) is 18.8 Å². The monoisotopic (exact) mass is 169 g/mol. The standard InChI is InChI=1S/C8H13N2S/c1-2-7-11-8-9-10-5-3-4-6-10/h2H,1,3-7H2/q+1. The van der Waals surface area contributed by atoms with Crippen molar-refractivity contribution in [3.8, 4) is 5.40 Å². The molecule has 0 aliphatic carbocycles. The Labute approximate surface area is 72.1 Å². The lowest BCUT2D eigenvalue weighted by Gasteiger charge is -1.88. The molecule has 1 aliphatic heterocycles. The molecule has 0 aromatic rings. The van der Waals surface area contributed by atoms with E-state index in [1.807, 2.05) is 6.08 Å². The molecule has 1 aliphatic rings. The topological polar surface area (TPSA) is 7.60 Å². The van der Waals surface area contributed by atoms with Crippen molar-refractivity contribution in [3.63, 3.8) is 0 Å². The second-order valence-electron chi connectivity index (χ2n) is 2.45. The molecule has 1 heterocycles. The van der Waals surface area contributed by atoms with E-state index in [2.05, 4.69) is 21.9 Å². The molecule has 1 rings (SSSR count). The zero-order chi connectivity index (χ0) is 7.94. The largest absolute Gasteiger partial charge is 0.393 e. The minimum Gasteiger partial charge on any atom is -0.102 e. The maximum Gasteiger partial charge on any atom is 0.393 e. The average Bonchev–Trinajstić information content (AvgIpc) is 2.50. The van der Waals surface area contributed by atoms with Crippen LogP contribution in [0.5, 0.6) is 0 Å². The SMILES string of the molecule is C=CCSC#[N+]N1CCCC1. The second-order valence-corrected chi connectivity index (χ2v) is 3.26. The predicted octanol–water partition coefficient (Wildman–Crippen LogP) is 2.21. The van der Waals surface area contributed by atoms with Crippen LogP contribution in [0.4, 0.5) is 0 Å².